The van der Waals surface area contributed by atoms with Gasteiger partial charge in [0, 0.05) is 33.6 Å². The van der Waals surface area contributed by atoms with E-state index in [0.717, 1.165) is 0 Å². The van der Waals surface area contributed by atoms with Gasteiger partial charge in [0.25, 0.3) is 0 Å². The molecule has 0 saturated carbocycles. The first-order chi connectivity index (χ1) is 15.1. The standard InChI is InChI=1S/C12H8.2C10H15.2Co/c1-3-9-4-2-6-11-8-7-10(5-1)12(9)11;2*1-6-7(2)9(4)10(5)8(6)3;;/h1-8H;2*1-5H3;;/q-2;-5;-1;;. The van der Waals surface area contributed by atoms with Gasteiger partial charge in [0.2, 0.25) is 0 Å². The molecule has 0 heterocycles. The number of hydrogen-bond donors (Lipinski definition) is 0. The van der Waals surface area contributed by atoms with Crippen LogP contribution in [0, 0.1) is 82.1 Å². The fourth-order valence-electron chi connectivity index (χ4n) is 4.67. The molecular weight excluding hydrogens is 502 g/mol. The van der Waals surface area contributed by atoms with Gasteiger partial charge in [0.1, 0.15) is 0 Å². The zero-order valence-electron chi connectivity index (χ0n) is 22.3. The minimum atomic E-state index is 0. The van der Waals surface area contributed by atoms with Gasteiger partial charge in [-0.25, -0.2) is 47.5 Å². The van der Waals surface area contributed by atoms with Gasteiger partial charge in [-0.1, -0.05) is 52.1 Å². The van der Waals surface area contributed by atoms with Crippen molar-refractivity contribution in [3.8, 4) is 0 Å². The summed E-state index contributed by atoms with van der Waals surface area (Å²) in [6.45, 7) is 22.0. The molecule has 4 aromatic carbocycles. The SMILES string of the molecule is C[c-]1[c-](C)[c-](C)[c-](C)[c-]1C.Cc1c(C)c(C)[c-](C)c1C.[Co].[Co].c1cc2c3c(cccc3c1)[CH-][CH-]2. The summed E-state index contributed by atoms with van der Waals surface area (Å²) < 4.78 is 0. The zero-order chi connectivity index (χ0) is 23.7. The second-order valence-corrected chi connectivity index (χ2v) is 9.38. The second-order valence-electron chi connectivity index (χ2n) is 9.38. The molecule has 0 spiro atoms. The van der Waals surface area contributed by atoms with E-state index in [0.29, 0.717) is 0 Å². The molecule has 2 heteroatoms. The molecule has 0 unspecified atom stereocenters. The zero-order valence-corrected chi connectivity index (χ0v) is 24.4. The third-order valence-corrected chi connectivity index (χ3v) is 8.04. The molecule has 0 N–H and O–H groups in total. The smallest absolute Gasteiger partial charge is 0 e. The second kappa shape index (κ2) is 12.2. The molecule has 0 saturated heterocycles. The normalized spacial score (nSPS) is 10.6. The Labute approximate surface area is 228 Å². The summed E-state index contributed by atoms with van der Waals surface area (Å²) in [5.74, 6) is 0. The molecule has 1 aliphatic carbocycles. The maximum Gasteiger partial charge on any atom is 0 e. The van der Waals surface area contributed by atoms with Crippen LogP contribution >= 0.6 is 0 Å². The van der Waals surface area contributed by atoms with E-state index in [9.17, 15) is 0 Å². The van der Waals surface area contributed by atoms with Gasteiger partial charge in [-0.05, 0) is 0 Å². The topological polar surface area (TPSA) is 0 Å². The molecule has 0 atom stereocenters. The van der Waals surface area contributed by atoms with E-state index in [-0.39, 0.29) is 33.6 Å². The molecule has 4 aromatic rings. The summed E-state index contributed by atoms with van der Waals surface area (Å²) >= 11 is 0. The van der Waals surface area contributed by atoms with Crippen LogP contribution in [0.15, 0.2) is 36.4 Å². The van der Waals surface area contributed by atoms with E-state index in [4.69, 9.17) is 0 Å². The van der Waals surface area contributed by atoms with Crippen LogP contribution < -0.4 is 0 Å². The van der Waals surface area contributed by atoms with Crippen molar-refractivity contribution < 1.29 is 33.6 Å². The van der Waals surface area contributed by atoms with Crippen LogP contribution in [0.2, 0.25) is 0 Å². The Morgan fingerprint density at radius 3 is 1.12 bits per heavy atom. The number of rotatable bonds is 0. The first kappa shape index (κ1) is 30.2. The van der Waals surface area contributed by atoms with Crippen molar-refractivity contribution in [2.75, 3.05) is 0 Å². The minimum Gasteiger partial charge on any atom is -0.731 e. The Morgan fingerprint density at radius 2 is 0.853 bits per heavy atom. The van der Waals surface area contributed by atoms with Gasteiger partial charge in [0.15, 0.2) is 0 Å². The molecule has 1 aliphatic rings. The van der Waals surface area contributed by atoms with Crippen LogP contribution in [0.1, 0.15) is 66.8 Å². The van der Waals surface area contributed by atoms with E-state index in [1.165, 1.54) is 77.5 Å². The van der Waals surface area contributed by atoms with Gasteiger partial charge in [-0.15, -0.1) is 17.5 Å². The van der Waals surface area contributed by atoms with Gasteiger partial charge in [-0.2, -0.15) is 51.1 Å². The maximum atomic E-state index is 2.20. The molecule has 0 bridgehead atoms. The van der Waals surface area contributed by atoms with Crippen molar-refractivity contribution in [2.24, 2.45) is 0 Å². The van der Waals surface area contributed by atoms with Gasteiger partial charge < -0.3 is 27.8 Å². The first-order valence-electron chi connectivity index (χ1n) is 11.6. The van der Waals surface area contributed by atoms with E-state index in [1.807, 2.05) is 0 Å². The predicted octanol–water partition coefficient (Wildman–Crippen LogP) is 8.85. The summed E-state index contributed by atoms with van der Waals surface area (Å²) in [7, 11) is 0. The van der Waals surface area contributed by atoms with Crippen LogP contribution in [0.4, 0.5) is 0 Å². The van der Waals surface area contributed by atoms with Crippen LogP contribution in [-0.2, 0) is 33.6 Å². The fraction of sp³-hybridized carbons (Fsp3) is 0.312. The molecule has 192 valence electrons. The Kier molecular flexibility index (Phi) is 10.8. The van der Waals surface area contributed by atoms with Crippen molar-refractivity contribution in [3.63, 3.8) is 0 Å². The van der Waals surface area contributed by atoms with Crippen molar-refractivity contribution in [1.82, 2.24) is 0 Å². The van der Waals surface area contributed by atoms with Crippen molar-refractivity contribution in [1.29, 1.82) is 0 Å². The van der Waals surface area contributed by atoms with Crippen molar-refractivity contribution in [3.05, 3.63) is 116 Å². The van der Waals surface area contributed by atoms with Gasteiger partial charge in [0.05, 0.1) is 0 Å². The maximum absolute atomic E-state index is 2.20. The van der Waals surface area contributed by atoms with Crippen LogP contribution in [0.5, 0.6) is 0 Å². The Hall–Kier alpha value is -1.85. The summed E-state index contributed by atoms with van der Waals surface area (Å²) in [6.07, 6.45) is 4.36. The summed E-state index contributed by atoms with van der Waals surface area (Å²) in [5, 5.41) is 2.75. The third kappa shape index (κ3) is 5.68. The largest absolute Gasteiger partial charge is 0.731 e. The minimum absolute atomic E-state index is 0. The van der Waals surface area contributed by atoms with Gasteiger partial charge in [-0.3, -0.25) is 0 Å². The van der Waals surface area contributed by atoms with Crippen LogP contribution in [-0.4, -0.2) is 0 Å². The van der Waals surface area contributed by atoms with Gasteiger partial charge >= 0.3 is 0 Å². The molecule has 34 heavy (non-hydrogen) atoms. The number of hydrogen-bond acceptors (Lipinski definition) is 0. The fourth-order valence-corrected chi connectivity index (χ4v) is 4.67. The quantitative estimate of drug-likeness (QED) is 0.196. The predicted molar refractivity (Wildman–Crippen MR) is 142 cm³/mol. The van der Waals surface area contributed by atoms with Crippen molar-refractivity contribution >= 4 is 10.8 Å². The number of benzene rings is 2. The molecular formula is C32H38Co2-8. The summed E-state index contributed by atoms with van der Waals surface area (Å²) in [4.78, 5) is 0. The molecule has 2 radical (unpaired) electrons. The monoisotopic (exact) mass is 540 g/mol. The Balaban J connectivity index is 0.000000250. The van der Waals surface area contributed by atoms with Crippen LogP contribution in [0.25, 0.3) is 10.8 Å². The molecule has 0 fully saturated rings. The summed E-state index contributed by atoms with van der Waals surface area (Å²) in [6, 6.07) is 12.9. The first-order valence-corrected chi connectivity index (χ1v) is 11.6. The average molecular weight is 541 g/mol. The third-order valence-electron chi connectivity index (χ3n) is 8.04. The molecule has 0 aromatic heterocycles. The molecule has 5 rings (SSSR count). The Morgan fingerprint density at radius 1 is 0.529 bits per heavy atom. The molecule has 0 amide bonds. The van der Waals surface area contributed by atoms with E-state index in [1.54, 1.807) is 0 Å². The van der Waals surface area contributed by atoms with E-state index < -0.39 is 0 Å². The van der Waals surface area contributed by atoms with E-state index in [2.05, 4.69) is 118 Å². The average Bonchev–Trinajstić information content (AvgIpc) is 3.36. The van der Waals surface area contributed by atoms with E-state index >= 15 is 0 Å². The molecule has 0 nitrogen and oxygen atoms in total. The Bertz CT molecular complexity index is 1010. The molecule has 0 aliphatic heterocycles. The van der Waals surface area contributed by atoms with Crippen molar-refractivity contribution in [2.45, 2.75) is 69.2 Å². The summed E-state index contributed by atoms with van der Waals surface area (Å²) in [5.41, 5.74) is 17.4. The van der Waals surface area contributed by atoms with Crippen LogP contribution in [0.3, 0.4) is 0 Å².